The maximum absolute atomic E-state index is 13.9. The molecule has 3 aromatic carbocycles. The third-order valence-electron chi connectivity index (χ3n) is 9.01. The van der Waals surface area contributed by atoms with Crippen LogP contribution in [0.4, 0.5) is 4.39 Å². The van der Waals surface area contributed by atoms with Gasteiger partial charge in [0.15, 0.2) is 0 Å². The van der Waals surface area contributed by atoms with Gasteiger partial charge in [-0.1, -0.05) is 60.7 Å². The first-order valence-electron chi connectivity index (χ1n) is 13.3. The molecule has 2 atom stereocenters. The average molecular weight is 482 g/mol. The van der Waals surface area contributed by atoms with Crippen LogP contribution in [0.15, 0.2) is 77.8 Å². The van der Waals surface area contributed by atoms with Crippen LogP contribution in [-0.2, 0) is 11.2 Å². The van der Waals surface area contributed by atoms with Crippen LogP contribution in [0.5, 0.6) is 0 Å². The number of ether oxygens (including phenoxy) is 1. The molecule has 0 aliphatic carbocycles. The molecule has 0 unspecified atom stereocenters. The Kier molecular flexibility index (Phi) is 5.35. The molecule has 5 heterocycles. The smallest absolute Gasteiger partial charge is 0.288 e. The predicted octanol–water partition coefficient (Wildman–Crippen LogP) is 5.68. The highest BCUT2D eigenvalue weighted by atomic mass is 19.1. The fourth-order valence-corrected chi connectivity index (χ4v) is 6.82. The van der Waals surface area contributed by atoms with E-state index in [1.807, 2.05) is 12.1 Å². The van der Waals surface area contributed by atoms with Crippen LogP contribution < -0.4 is 0 Å². The third kappa shape index (κ3) is 3.72. The Morgan fingerprint density at radius 2 is 1.58 bits per heavy atom. The second-order valence-electron chi connectivity index (χ2n) is 10.9. The summed E-state index contributed by atoms with van der Waals surface area (Å²) in [6.45, 7) is 5.15. The van der Waals surface area contributed by atoms with Crippen molar-refractivity contribution in [1.29, 1.82) is 0 Å². The molecule has 3 fully saturated rings. The quantitative estimate of drug-likeness (QED) is 0.482. The summed E-state index contributed by atoms with van der Waals surface area (Å²) >= 11 is 0. The Balaban J connectivity index is 1.22. The van der Waals surface area contributed by atoms with Crippen LogP contribution in [0.3, 0.4) is 0 Å². The summed E-state index contributed by atoms with van der Waals surface area (Å²) in [6.07, 6.45) is 4.75. The van der Waals surface area contributed by atoms with Gasteiger partial charge in [-0.05, 0) is 85.3 Å². The van der Waals surface area contributed by atoms with E-state index in [0.29, 0.717) is 0 Å². The van der Waals surface area contributed by atoms with Gasteiger partial charge in [0.1, 0.15) is 11.9 Å². The third-order valence-corrected chi connectivity index (χ3v) is 9.01. The molecule has 0 spiro atoms. The van der Waals surface area contributed by atoms with Gasteiger partial charge < -0.3 is 14.5 Å². The molecule has 3 aromatic rings. The molecule has 0 N–H and O–H groups in total. The Bertz CT molecular complexity index is 1270. The molecule has 3 saturated heterocycles. The molecule has 0 aromatic heterocycles. The molecular weight excluding hydrogens is 449 g/mol. The summed E-state index contributed by atoms with van der Waals surface area (Å²) in [5.74, 6) is -0.210. The van der Waals surface area contributed by atoms with Gasteiger partial charge in [-0.3, -0.25) is 0 Å². The van der Waals surface area contributed by atoms with Crippen LogP contribution in [0, 0.1) is 11.2 Å². The van der Waals surface area contributed by atoms with Crippen molar-refractivity contribution in [2.45, 2.75) is 37.8 Å². The average Bonchev–Trinajstić information content (AvgIpc) is 3.45. The van der Waals surface area contributed by atoms with E-state index >= 15 is 0 Å². The Labute approximate surface area is 212 Å². The molecule has 5 aliphatic rings. The minimum absolute atomic E-state index is 0.0395. The Hall–Kier alpha value is -3.18. The van der Waals surface area contributed by atoms with E-state index in [4.69, 9.17) is 9.73 Å². The van der Waals surface area contributed by atoms with Gasteiger partial charge in [-0.15, -0.1) is 0 Å². The van der Waals surface area contributed by atoms with Gasteiger partial charge in [0, 0.05) is 12.0 Å². The fraction of sp³-hybridized carbons (Fsp3) is 0.387. The highest BCUT2D eigenvalue weighted by Gasteiger charge is 2.49. The van der Waals surface area contributed by atoms with E-state index in [1.165, 1.54) is 61.2 Å². The molecule has 36 heavy (non-hydrogen) atoms. The Morgan fingerprint density at radius 3 is 2.33 bits per heavy atom. The normalized spacial score (nSPS) is 29.0. The molecule has 8 rings (SSSR count). The SMILES string of the molecule is Fc1ccc([C@H]2c3ccc(-c4ccccc4)cc3CCN2C2=NC[C@H](C34CCN(CC3)CC4)O2)cc1. The van der Waals surface area contributed by atoms with E-state index in [1.54, 1.807) is 12.1 Å². The number of rotatable bonds is 3. The number of benzene rings is 3. The van der Waals surface area contributed by atoms with Crippen molar-refractivity contribution >= 4 is 6.02 Å². The number of nitrogens with zero attached hydrogens (tertiary/aromatic N) is 3. The summed E-state index contributed by atoms with van der Waals surface area (Å²) in [5.41, 5.74) is 6.40. The first kappa shape index (κ1) is 22.1. The minimum Gasteiger partial charge on any atom is -0.459 e. The molecule has 184 valence electrons. The van der Waals surface area contributed by atoms with Gasteiger partial charge in [-0.2, -0.15) is 0 Å². The lowest BCUT2D eigenvalue weighted by molar-refractivity contribution is -0.0553. The highest BCUT2D eigenvalue weighted by Crippen LogP contribution is 2.46. The molecule has 4 nitrogen and oxygen atoms in total. The van der Waals surface area contributed by atoms with Crippen LogP contribution in [0.25, 0.3) is 11.1 Å². The fourth-order valence-electron chi connectivity index (χ4n) is 6.82. The number of piperidine rings is 3. The van der Waals surface area contributed by atoms with Crippen molar-refractivity contribution in [2.24, 2.45) is 10.4 Å². The van der Waals surface area contributed by atoms with Crippen LogP contribution in [0.1, 0.15) is 42.0 Å². The molecular formula is C31H32FN3O. The molecule has 2 bridgehead atoms. The van der Waals surface area contributed by atoms with Gasteiger partial charge in [0.2, 0.25) is 0 Å². The predicted molar refractivity (Wildman–Crippen MR) is 140 cm³/mol. The second kappa shape index (κ2) is 8.74. The molecule has 5 heteroatoms. The van der Waals surface area contributed by atoms with Crippen molar-refractivity contribution < 1.29 is 9.13 Å². The maximum Gasteiger partial charge on any atom is 0.288 e. The summed E-state index contributed by atoms with van der Waals surface area (Å²) in [5, 5.41) is 0. The van der Waals surface area contributed by atoms with Crippen molar-refractivity contribution in [2.75, 3.05) is 32.7 Å². The van der Waals surface area contributed by atoms with Gasteiger partial charge in [0.05, 0.1) is 12.6 Å². The summed E-state index contributed by atoms with van der Waals surface area (Å²) in [4.78, 5) is 9.89. The van der Waals surface area contributed by atoms with Crippen LogP contribution >= 0.6 is 0 Å². The first-order valence-corrected chi connectivity index (χ1v) is 13.3. The van der Waals surface area contributed by atoms with Crippen molar-refractivity contribution in [3.8, 4) is 11.1 Å². The zero-order valence-electron chi connectivity index (χ0n) is 20.6. The molecule has 0 amide bonds. The monoisotopic (exact) mass is 481 g/mol. The van der Waals surface area contributed by atoms with E-state index in [-0.39, 0.29) is 23.4 Å². The lowest BCUT2D eigenvalue weighted by Crippen LogP contribution is -2.54. The lowest BCUT2D eigenvalue weighted by atomic mass is 9.68. The summed E-state index contributed by atoms with van der Waals surface area (Å²) in [7, 11) is 0. The molecule has 5 aliphatic heterocycles. The minimum atomic E-state index is -0.210. The summed E-state index contributed by atoms with van der Waals surface area (Å²) in [6, 6.07) is 25.0. The second-order valence-corrected chi connectivity index (χ2v) is 10.9. The number of hydrogen-bond acceptors (Lipinski definition) is 4. The topological polar surface area (TPSA) is 28.1 Å². The largest absolute Gasteiger partial charge is 0.459 e. The molecule has 0 radical (unpaired) electrons. The molecule has 0 saturated carbocycles. The number of hydrogen-bond donors (Lipinski definition) is 0. The van der Waals surface area contributed by atoms with E-state index in [9.17, 15) is 4.39 Å². The van der Waals surface area contributed by atoms with E-state index in [0.717, 1.165) is 31.1 Å². The number of fused-ring (bicyclic) bond motifs is 4. The van der Waals surface area contributed by atoms with Gasteiger partial charge in [-0.25, -0.2) is 9.38 Å². The highest BCUT2D eigenvalue weighted by molar-refractivity contribution is 5.78. The van der Waals surface area contributed by atoms with Crippen molar-refractivity contribution in [3.63, 3.8) is 0 Å². The number of aliphatic imine (C=N–C) groups is 1. The van der Waals surface area contributed by atoms with Crippen LogP contribution in [-0.4, -0.2) is 54.6 Å². The first-order chi connectivity index (χ1) is 17.7. The number of amidine groups is 1. The van der Waals surface area contributed by atoms with Crippen molar-refractivity contribution in [1.82, 2.24) is 9.80 Å². The maximum atomic E-state index is 13.9. The standard InChI is InChI=1S/C31H32FN3O/c32-26-9-6-23(7-10-26)29-27-11-8-24(22-4-2-1-3-5-22)20-25(27)12-16-35(29)30-33-21-28(36-30)31-13-17-34(18-14-31)19-15-31/h1-11,20,28-29H,12-19,21H2/t28-,29+/m1/s1. The lowest BCUT2D eigenvalue weighted by Gasteiger charge is -2.50. The van der Waals surface area contributed by atoms with Crippen molar-refractivity contribution in [3.05, 3.63) is 95.3 Å². The van der Waals surface area contributed by atoms with E-state index in [2.05, 4.69) is 58.3 Å². The zero-order valence-corrected chi connectivity index (χ0v) is 20.6. The number of halogens is 1. The Morgan fingerprint density at radius 1 is 0.833 bits per heavy atom. The zero-order chi connectivity index (χ0) is 24.1. The van der Waals surface area contributed by atoms with Gasteiger partial charge >= 0.3 is 0 Å². The summed E-state index contributed by atoms with van der Waals surface area (Å²) < 4.78 is 20.6. The van der Waals surface area contributed by atoms with Crippen LogP contribution in [0.2, 0.25) is 0 Å². The van der Waals surface area contributed by atoms with E-state index < -0.39 is 0 Å². The van der Waals surface area contributed by atoms with Gasteiger partial charge in [0.25, 0.3) is 6.02 Å².